The van der Waals surface area contributed by atoms with Crippen molar-refractivity contribution < 1.29 is 18.9 Å². The van der Waals surface area contributed by atoms with E-state index in [1.165, 1.54) is 11.1 Å². The van der Waals surface area contributed by atoms with Crippen molar-refractivity contribution in [2.75, 3.05) is 65.7 Å². The van der Waals surface area contributed by atoms with Gasteiger partial charge in [0.1, 0.15) is 11.2 Å². The van der Waals surface area contributed by atoms with Crippen molar-refractivity contribution >= 4 is 12.4 Å². The van der Waals surface area contributed by atoms with E-state index in [-0.39, 0.29) is 12.4 Å². The smallest absolute Gasteiger partial charge is 0.123 e. The Morgan fingerprint density at radius 3 is 1.32 bits per heavy atom. The third-order valence-corrected chi connectivity index (χ3v) is 6.45. The summed E-state index contributed by atoms with van der Waals surface area (Å²) in [7, 11) is 0. The minimum absolute atomic E-state index is 0. The first kappa shape index (κ1) is 34.8. The summed E-state index contributed by atoms with van der Waals surface area (Å²) >= 11 is 0. The van der Waals surface area contributed by atoms with Crippen molar-refractivity contribution in [2.45, 2.75) is 52.1 Å². The molecule has 0 amide bonds. The Bertz CT molecular complexity index is 1010. The summed E-state index contributed by atoms with van der Waals surface area (Å²) in [5.74, 6) is 13.2. The molecule has 0 spiro atoms. The molecule has 0 radical (unpaired) electrons. The normalized spacial score (nSPS) is 14.3. The quantitative estimate of drug-likeness (QED) is 0.229. The zero-order chi connectivity index (χ0) is 28.5. The van der Waals surface area contributed by atoms with Crippen LogP contribution in [0, 0.1) is 23.7 Å². The maximum absolute atomic E-state index is 5.94. The van der Waals surface area contributed by atoms with Crippen LogP contribution in [0.4, 0.5) is 0 Å². The molecule has 0 unspecified atom stereocenters. The van der Waals surface area contributed by atoms with Gasteiger partial charge in [-0.1, -0.05) is 84.3 Å². The summed E-state index contributed by atoms with van der Waals surface area (Å²) < 4.78 is 23.3. The number of benzene rings is 2. The minimum atomic E-state index is -0.490. The first-order chi connectivity index (χ1) is 19.3. The Hall–Kier alpha value is -2.39. The summed E-state index contributed by atoms with van der Waals surface area (Å²) in [4.78, 5) is 4.77. The first-order valence-corrected chi connectivity index (χ1v) is 14.3. The average Bonchev–Trinajstić information content (AvgIpc) is 2.94. The van der Waals surface area contributed by atoms with Crippen LogP contribution in [-0.2, 0) is 32.2 Å². The van der Waals surface area contributed by atoms with Gasteiger partial charge in [-0.25, -0.2) is 0 Å². The molecule has 0 saturated carbocycles. The Labute approximate surface area is 254 Å². The number of hydrogen-bond donors (Lipinski definition) is 0. The summed E-state index contributed by atoms with van der Waals surface area (Å²) in [5, 5.41) is 0. The van der Waals surface area contributed by atoms with E-state index in [0.29, 0.717) is 39.6 Å². The molecule has 0 atom stereocenters. The van der Waals surface area contributed by atoms with Crippen LogP contribution in [0.15, 0.2) is 60.7 Å². The largest absolute Gasteiger partial charge is 0.374 e. The highest BCUT2D eigenvalue weighted by molar-refractivity contribution is 5.85. The number of ether oxygens (including phenoxy) is 4. The molecule has 0 aromatic heterocycles. The van der Waals surface area contributed by atoms with Gasteiger partial charge < -0.3 is 18.9 Å². The maximum atomic E-state index is 5.94. The predicted molar refractivity (Wildman–Crippen MR) is 168 cm³/mol. The van der Waals surface area contributed by atoms with E-state index in [1.807, 2.05) is 64.1 Å². The van der Waals surface area contributed by atoms with Crippen LogP contribution in [-0.4, -0.2) is 86.7 Å². The van der Waals surface area contributed by atoms with Crippen molar-refractivity contribution in [3.8, 4) is 23.7 Å². The highest BCUT2D eigenvalue weighted by Gasteiger charge is 2.18. The van der Waals surface area contributed by atoms with Gasteiger partial charge in [-0.05, 0) is 38.8 Å². The monoisotopic (exact) mass is 582 g/mol. The lowest BCUT2D eigenvalue weighted by molar-refractivity contribution is -0.0173. The highest BCUT2D eigenvalue weighted by Crippen LogP contribution is 2.09. The van der Waals surface area contributed by atoms with Gasteiger partial charge in [0.05, 0.1) is 52.7 Å². The van der Waals surface area contributed by atoms with Gasteiger partial charge in [0.15, 0.2) is 0 Å². The van der Waals surface area contributed by atoms with Gasteiger partial charge in [0.25, 0.3) is 0 Å². The lowest BCUT2D eigenvalue weighted by atomic mass is 10.1. The van der Waals surface area contributed by atoms with E-state index in [2.05, 4.69) is 57.7 Å². The second-order valence-corrected chi connectivity index (χ2v) is 10.9. The molecule has 3 rings (SSSR count). The molecule has 0 bridgehead atoms. The molecule has 224 valence electrons. The number of rotatable bonds is 14. The summed E-state index contributed by atoms with van der Waals surface area (Å²) in [6.07, 6.45) is 0. The van der Waals surface area contributed by atoms with Crippen molar-refractivity contribution in [3.63, 3.8) is 0 Å². The van der Waals surface area contributed by atoms with Crippen LogP contribution in [0.5, 0.6) is 0 Å². The van der Waals surface area contributed by atoms with Crippen molar-refractivity contribution in [1.82, 2.24) is 9.80 Å². The molecule has 7 heteroatoms. The summed E-state index contributed by atoms with van der Waals surface area (Å²) in [6, 6.07) is 20.3. The Balaban J connectivity index is 0.00000588. The molecular formula is C34H47ClN2O4. The van der Waals surface area contributed by atoms with Gasteiger partial charge in [0.2, 0.25) is 0 Å². The van der Waals surface area contributed by atoms with Crippen LogP contribution in [0.1, 0.15) is 38.8 Å². The molecule has 2 aromatic rings. The Kier molecular flexibility index (Phi) is 16.1. The van der Waals surface area contributed by atoms with Crippen LogP contribution in [0.2, 0.25) is 0 Å². The summed E-state index contributed by atoms with van der Waals surface area (Å²) in [6.45, 7) is 16.9. The minimum Gasteiger partial charge on any atom is -0.374 e. The Morgan fingerprint density at radius 1 is 0.585 bits per heavy atom. The number of hydrogen-bond acceptors (Lipinski definition) is 6. The first-order valence-electron chi connectivity index (χ1n) is 14.3. The molecule has 41 heavy (non-hydrogen) atoms. The lowest BCUT2D eigenvalue weighted by Gasteiger charge is -2.32. The molecule has 6 nitrogen and oxygen atoms in total. The molecule has 1 fully saturated rings. The highest BCUT2D eigenvalue weighted by atomic mass is 35.5. The number of nitrogens with zero attached hydrogens (tertiary/aromatic N) is 2. The molecule has 2 aromatic carbocycles. The fourth-order valence-corrected chi connectivity index (χ4v) is 4.15. The van der Waals surface area contributed by atoms with E-state index in [9.17, 15) is 0 Å². The molecule has 1 aliphatic rings. The zero-order valence-corrected chi connectivity index (χ0v) is 26.0. The van der Waals surface area contributed by atoms with Crippen LogP contribution >= 0.6 is 12.4 Å². The molecule has 0 aliphatic carbocycles. The fourth-order valence-electron chi connectivity index (χ4n) is 4.15. The van der Waals surface area contributed by atoms with Gasteiger partial charge >= 0.3 is 0 Å². The second kappa shape index (κ2) is 18.9. The predicted octanol–water partition coefficient (Wildman–Crippen LogP) is 5.06. The van der Waals surface area contributed by atoms with E-state index < -0.39 is 11.2 Å². The third kappa shape index (κ3) is 15.4. The zero-order valence-electron chi connectivity index (χ0n) is 25.2. The molecular weight excluding hydrogens is 536 g/mol. The molecule has 1 saturated heterocycles. The number of halogens is 1. The topological polar surface area (TPSA) is 43.4 Å². The maximum Gasteiger partial charge on any atom is 0.123 e. The van der Waals surface area contributed by atoms with E-state index in [1.54, 1.807) is 0 Å². The van der Waals surface area contributed by atoms with Crippen molar-refractivity contribution in [1.29, 1.82) is 0 Å². The molecule has 0 N–H and O–H groups in total. The third-order valence-electron chi connectivity index (χ3n) is 6.45. The lowest BCUT2D eigenvalue weighted by Crippen LogP contribution is -2.46. The SMILES string of the molecule is CC(C)(C#CCN1CCN(CC#CC(C)(C)OCCOCc2ccccc2)CC1)OCCOCc1ccccc1.Cl. The van der Waals surface area contributed by atoms with E-state index in [4.69, 9.17) is 18.9 Å². The number of piperazine rings is 1. The van der Waals surface area contributed by atoms with Crippen molar-refractivity contribution in [3.05, 3.63) is 71.8 Å². The van der Waals surface area contributed by atoms with Crippen molar-refractivity contribution in [2.24, 2.45) is 0 Å². The molecule has 1 heterocycles. The van der Waals surface area contributed by atoms with Gasteiger partial charge in [-0.15, -0.1) is 12.4 Å². The van der Waals surface area contributed by atoms with E-state index in [0.717, 1.165) is 39.3 Å². The molecule has 1 aliphatic heterocycles. The van der Waals surface area contributed by atoms with Crippen LogP contribution in [0.25, 0.3) is 0 Å². The van der Waals surface area contributed by atoms with E-state index >= 15 is 0 Å². The standard InChI is InChI=1S/C34H46N2O4.ClH/c1-33(2,39-27-25-37-29-31-13-7-5-8-14-31)17-11-19-35-21-23-36(24-22-35)20-12-18-34(3,4)40-28-26-38-30-32-15-9-6-10-16-32;/h5-10,13-16H,19-30H2,1-4H3;1H. The Morgan fingerprint density at radius 2 is 0.951 bits per heavy atom. The summed E-state index contributed by atoms with van der Waals surface area (Å²) in [5.41, 5.74) is 1.36. The van der Waals surface area contributed by atoms with Gasteiger partial charge in [-0.2, -0.15) is 0 Å². The van der Waals surface area contributed by atoms with Gasteiger partial charge in [-0.3, -0.25) is 9.80 Å². The fraction of sp³-hybridized carbons (Fsp3) is 0.529. The van der Waals surface area contributed by atoms with Crippen LogP contribution in [0.3, 0.4) is 0 Å². The second-order valence-electron chi connectivity index (χ2n) is 10.9. The average molecular weight is 583 g/mol. The van der Waals surface area contributed by atoms with Gasteiger partial charge in [0, 0.05) is 26.2 Å². The van der Waals surface area contributed by atoms with Crippen LogP contribution < -0.4 is 0 Å².